The normalized spacial score (nSPS) is 14.6. The lowest BCUT2D eigenvalue weighted by molar-refractivity contribution is -0.119. The Kier molecular flexibility index (Phi) is 3.87. The molecule has 1 saturated carbocycles. The highest BCUT2D eigenvalue weighted by molar-refractivity contribution is 5.75. The molecular formula is C14H20N2O2. The Morgan fingerprint density at radius 1 is 1.39 bits per heavy atom. The van der Waals surface area contributed by atoms with Crippen molar-refractivity contribution in [3.05, 3.63) is 28.8 Å². The zero-order valence-corrected chi connectivity index (χ0v) is 11.0. The summed E-state index contributed by atoms with van der Waals surface area (Å²) in [6.07, 6.45) is 2.58. The molecule has 0 aliphatic heterocycles. The maximum Gasteiger partial charge on any atom is 0.255 e. The molecule has 1 fully saturated rings. The molecule has 1 aliphatic rings. The molecule has 0 unspecified atom stereocenters. The van der Waals surface area contributed by atoms with Gasteiger partial charge < -0.3 is 15.8 Å². The second-order valence-electron chi connectivity index (χ2n) is 4.97. The lowest BCUT2D eigenvalue weighted by Gasteiger charge is -2.13. The molecule has 0 saturated heterocycles. The Morgan fingerprint density at radius 3 is 2.50 bits per heavy atom. The minimum absolute atomic E-state index is 0.0681. The largest absolute Gasteiger partial charge is 0.483 e. The number of nitrogens with one attached hydrogen (secondary N) is 1. The summed E-state index contributed by atoms with van der Waals surface area (Å²) < 4.78 is 5.43. The van der Waals surface area contributed by atoms with Crippen LogP contribution in [0.25, 0.3) is 0 Å². The number of benzene rings is 1. The van der Waals surface area contributed by atoms with E-state index in [-0.39, 0.29) is 6.61 Å². The smallest absolute Gasteiger partial charge is 0.255 e. The molecule has 0 bridgehead atoms. The van der Waals surface area contributed by atoms with Crippen molar-refractivity contribution < 1.29 is 9.53 Å². The van der Waals surface area contributed by atoms with Crippen LogP contribution in [0.15, 0.2) is 12.1 Å². The number of hydrogen-bond acceptors (Lipinski definition) is 3. The maximum absolute atomic E-state index is 10.7. The van der Waals surface area contributed by atoms with Crippen LogP contribution in [0, 0.1) is 13.8 Å². The zero-order chi connectivity index (χ0) is 13.1. The quantitative estimate of drug-likeness (QED) is 0.800. The van der Waals surface area contributed by atoms with Gasteiger partial charge in [-0.3, -0.25) is 4.79 Å². The fourth-order valence-electron chi connectivity index (χ4n) is 2.06. The Balaban J connectivity index is 2.04. The molecule has 1 aromatic rings. The van der Waals surface area contributed by atoms with Gasteiger partial charge in [-0.1, -0.05) is 12.1 Å². The maximum atomic E-state index is 10.7. The molecule has 1 aliphatic carbocycles. The molecule has 2 rings (SSSR count). The Hall–Kier alpha value is -1.55. The van der Waals surface area contributed by atoms with Gasteiger partial charge in [0.2, 0.25) is 0 Å². The van der Waals surface area contributed by atoms with Crippen LogP contribution in [0.2, 0.25) is 0 Å². The first-order valence-electron chi connectivity index (χ1n) is 6.31. The first kappa shape index (κ1) is 12.9. The van der Waals surface area contributed by atoms with Crippen LogP contribution in [-0.2, 0) is 11.3 Å². The first-order chi connectivity index (χ1) is 8.56. The van der Waals surface area contributed by atoms with Crippen LogP contribution < -0.4 is 15.8 Å². The van der Waals surface area contributed by atoms with Crippen LogP contribution in [0.4, 0.5) is 0 Å². The van der Waals surface area contributed by atoms with E-state index in [9.17, 15) is 4.79 Å². The number of carbonyl (C=O) groups excluding carboxylic acids is 1. The zero-order valence-electron chi connectivity index (χ0n) is 11.0. The van der Waals surface area contributed by atoms with Gasteiger partial charge in [0, 0.05) is 12.6 Å². The van der Waals surface area contributed by atoms with E-state index in [1.165, 1.54) is 18.4 Å². The van der Waals surface area contributed by atoms with E-state index in [1.807, 2.05) is 13.8 Å². The summed E-state index contributed by atoms with van der Waals surface area (Å²) in [5, 5.41) is 3.48. The van der Waals surface area contributed by atoms with Crippen molar-refractivity contribution >= 4 is 5.91 Å². The van der Waals surface area contributed by atoms with Crippen LogP contribution in [0.1, 0.15) is 29.5 Å². The van der Waals surface area contributed by atoms with Crippen LogP contribution >= 0.6 is 0 Å². The van der Waals surface area contributed by atoms with E-state index in [4.69, 9.17) is 10.5 Å². The Labute approximate surface area is 108 Å². The SMILES string of the molecule is Cc1cc(CNC2CC2)cc(C)c1OCC(N)=O. The molecule has 0 radical (unpaired) electrons. The first-order valence-corrected chi connectivity index (χ1v) is 6.31. The summed E-state index contributed by atoms with van der Waals surface area (Å²) in [5.41, 5.74) is 8.43. The molecule has 1 aromatic carbocycles. The van der Waals surface area contributed by atoms with Crippen molar-refractivity contribution in [1.82, 2.24) is 5.32 Å². The predicted octanol–water partition coefficient (Wildman–Crippen LogP) is 1.42. The van der Waals surface area contributed by atoms with Gasteiger partial charge in [0.25, 0.3) is 5.91 Å². The second-order valence-corrected chi connectivity index (χ2v) is 4.97. The van der Waals surface area contributed by atoms with Crippen molar-refractivity contribution in [3.8, 4) is 5.75 Å². The fourth-order valence-corrected chi connectivity index (χ4v) is 2.06. The molecule has 0 heterocycles. The summed E-state index contributed by atoms with van der Waals surface area (Å²) in [5.74, 6) is 0.317. The van der Waals surface area contributed by atoms with E-state index in [0.717, 1.165) is 23.4 Å². The molecule has 0 atom stereocenters. The molecule has 4 heteroatoms. The van der Waals surface area contributed by atoms with Crippen LogP contribution in [0.5, 0.6) is 5.75 Å². The minimum atomic E-state index is -0.451. The third kappa shape index (κ3) is 3.47. The summed E-state index contributed by atoms with van der Waals surface area (Å²) in [4.78, 5) is 10.7. The van der Waals surface area contributed by atoms with Gasteiger partial charge in [0.05, 0.1) is 0 Å². The van der Waals surface area contributed by atoms with E-state index in [1.54, 1.807) is 0 Å². The third-order valence-corrected chi connectivity index (χ3v) is 3.05. The molecule has 0 aromatic heterocycles. The monoisotopic (exact) mass is 248 g/mol. The number of carbonyl (C=O) groups is 1. The number of amides is 1. The average Bonchev–Trinajstić information content (AvgIpc) is 3.08. The van der Waals surface area contributed by atoms with Gasteiger partial charge in [-0.25, -0.2) is 0 Å². The van der Waals surface area contributed by atoms with E-state index < -0.39 is 5.91 Å². The number of nitrogens with two attached hydrogens (primary N) is 1. The number of rotatable bonds is 6. The van der Waals surface area contributed by atoms with Gasteiger partial charge in [-0.05, 0) is 43.4 Å². The fraction of sp³-hybridized carbons (Fsp3) is 0.500. The Bertz CT molecular complexity index is 430. The molecule has 0 spiro atoms. The molecule has 3 N–H and O–H groups in total. The molecular weight excluding hydrogens is 228 g/mol. The highest BCUT2D eigenvalue weighted by Crippen LogP contribution is 2.25. The Morgan fingerprint density at radius 2 is 2.00 bits per heavy atom. The minimum Gasteiger partial charge on any atom is -0.483 e. The summed E-state index contributed by atoms with van der Waals surface area (Å²) >= 11 is 0. The summed E-state index contributed by atoms with van der Waals surface area (Å²) in [7, 11) is 0. The second kappa shape index (κ2) is 5.40. The lowest BCUT2D eigenvalue weighted by Crippen LogP contribution is -2.21. The highest BCUT2D eigenvalue weighted by atomic mass is 16.5. The van der Waals surface area contributed by atoms with Gasteiger partial charge in [0.1, 0.15) is 5.75 Å². The standard InChI is InChI=1S/C14H20N2O2/c1-9-5-11(7-16-12-3-4-12)6-10(2)14(9)18-8-13(15)17/h5-6,12,16H,3-4,7-8H2,1-2H3,(H2,15,17). The van der Waals surface area contributed by atoms with Crippen molar-refractivity contribution in [2.24, 2.45) is 5.73 Å². The van der Waals surface area contributed by atoms with Crippen LogP contribution in [0.3, 0.4) is 0 Å². The van der Waals surface area contributed by atoms with Crippen molar-refractivity contribution in [2.45, 2.75) is 39.3 Å². The predicted molar refractivity (Wildman–Crippen MR) is 70.5 cm³/mol. The average molecular weight is 248 g/mol. The number of aryl methyl sites for hydroxylation is 2. The van der Waals surface area contributed by atoms with E-state index in [2.05, 4.69) is 17.4 Å². The number of ether oxygens (including phenoxy) is 1. The van der Waals surface area contributed by atoms with Gasteiger partial charge in [-0.15, -0.1) is 0 Å². The lowest BCUT2D eigenvalue weighted by atomic mass is 10.1. The van der Waals surface area contributed by atoms with E-state index >= 15 is 0 Å². The van der Waals surface area contributed by atoms with Crippen LogP contribution in [-0.4, -0.2) is 18.6 Å². The highest BCUT2D eigenvalue weighted by Gasteiger charge is 2.20. The third-order valence-electron chi connectivity index (χ3n) is 3.05. The number of hydrogen-bond donors (Lipinski definition) is 2. The van der Waals surface area contributed by atoms with Crippen molar-refractivity contribution in [2.75, 3.05) is 6.61 Å². The molecule has 98 valence electrons. The topological polar surface area (TPSA) is 64.3 Å². The summed E-state index contributed by atoms with van der Waals surface area (Å²) in [6, 6.07) is 4.90. The van der Waals surface area contributed by atoms with E-state index in [0.29, 0.717) is 6.04 Å². The van der Waals surface area contributed by atoms with Crippen molar-refractivity contribution in [3.63, 3.8) is 0 Å². The van der Waals surface area contributed by atoms with Gasteiger partial charge >= 0.3 is 0 Å². The summed E-state index contributed by atoms with van der Waals surface area (Å²) in [6.45, 7) is 4.80. The number of primary amides is 1. The van der Waals surface area contributed by atoms with Gasteiger partial charge in [-0.2, -0.15) is 0 Å². The van der Waals surface area contributed by atoms with Crippen molar-refractivity contribution in [1.29, 1.82) is 0 Å². The van der Waals surface area contributed by atoms with Gasteiger partial charge in [0.15, 0.2) is 6.61 Å². The molecule has 1 amide bonds. The molecule has 18 heavy (non-hydrogen) atoms. The molecule has 4 nitrogen and oxygen atoms in total.